The molecule has 1 N–H and O–H groups in total. The molecule has 1 amide bonds. The van der Waals surface area contributed by atoms with Crippen LogP contribution in [0.25, 0.3) is 21.8 Å². The minimum absolute atomic E-state index is 0.118. The number of esters is 1. The highest BCUT2D eigenvalue weighted by atomic mass is 16.5. The van der Waals surface area contributed by atoms with Gasteiger partial charge in [0.2, 0.25) is 0 Å². The van der Waals surface area contributed by atoms with E-state index in [4.69, 9.17) is 4.74 Å². The van der Waals surface area contributed by atoms with Gasteiger partial charge in [0.05, 0.1) is 6.61 Å². The lowest BCUT2D eigenvalue weighted by molar-refractivity contribution is -0.689. The average Bonchev–Trinajstić information content (AvgIpc) is 3.24. The van der Waals surface area contributed by atoms with Gasteiger partial charge in [-0.15, -0.1) is 0 Å². The van der Waals surface area contributed by atoms with Gasteiger partial charge in [-0.25, -0.2) is 4.79 Å². The largest absolute Gasteiger partial charge is 0.464 e. The molecule has 0 fully saturated rings. The molecule has 0 saturated carbocycles. The summed E-state index contributed by atoms with van der Waals surface area (Å²) >= 11 is 0. The van der Waals surface area contributed by atoms with Crippen molar-refractivity contribution in [1.82, 2.24) is 9.88 Å². The summed E-state index contributed by atoms with van der Waals surface area (Å²) in [5, 5.41) is 5.03. The molecule has 2 heterocycles. The number of fused-ring (bicyclic) bond motifs is 3. The van der Waals surface area contributed by atoms with Gasteiger partial charge in [0.1, 0.15) is 11.6 Å². The Labute approximate surface area is 228 Å². The third-order valence-corrected chi connectivity index (χ3v) is 7.03. The predicted octanol–water partition coefficient (Wildman–Crippen LogP) is 5.50. The normalized spacial score (nSPS) is 12.1. The summed E-state index contributed by atoms with van der Waals surface area (Å²) in [6.07, 6.45) is 2.06. The Balaban J connectivity index is 1.66. The zero-order valence-corrected chi connectivity index (χ0v) is 22.6. The van der Waals surface area contributed by atoms with Crippen molar-refractivity contribution in [3.8, 4) is 0 Å². The van der Waals surface area contributed by atoms with Crippen molar-refractivity contribution in [2.45, 2.75) is 39.9 Å². The van der Waals surface area contributed by atoms with Gasteiger partial charge in [-0.05, 0) is 24.5 Å². The maximum Gasteiger partial charge on any atom is 0.328 e. The van der Waals surface area contributed by atoms with E-state index < -0.39 is 12.0 Å². The molecule has 5 aromatic rings. The van der Waals surface area contributed by atoms with Crippen molar-refractivity contribution in [3.63, 3.8) is 0 Å². The molecular formula is C33H34N3O3+. The molecule has 3 aromatic carbocycles. The summed E-state index contributed by atoms with van der Waals surface area (Å²) < 4.78 is 9.54. The number of carbonyl (C=O) groups excluding carboxylic acids is 2. The van der Waals surface area contributed by atoms with Crippen LogP contribution in [0.5, 0.6) is 0 Å². The molecule has 6 nitrogen and oxygen atoms in total. The van der Waals surface area contributed by atoms with E-state index in [2.05, 4.69) is 52.5 Å². The average molecular weight is 521 g/mol. The number of amides is 1. The van der Waals surface area contributed by atoms with Gasteiger partial charge in [0, 0.05) is 34.5 Å². The number of nitrogens with zero attached hydrogens (tertiary/aromatic N) is 2. The van der Waals surface area contributed by atoms with Crippen molar-refractivity contribution in [1.29, 1.82) is 0 Å². The number of ether oxygens (including phenoxy) is 1. The lowest BCUT2D eigenvalue weighted by atomic mass is 10.0. The second kappa shape index (κ2) is 11.5. The Morgan fingerprint density at radius 2 is 1.49 bits per heavy atom. The van der Waals surface area contributed by atoms with E-state index >= 15 is 0 Å². The number of hydrogen-bond acceptors (Lipinski definition) is 3. The fraction of sp³-hybridized carbons (Fsp3) is 0.242. The molecule has 0 saturated heterocycles. The molecule has 0 bridgehead atoms. The standard InChI is InChI=1S/C33H33N3O3/c1-4-39-33(38)31(23(2)3)34-32(37)29-19-27-26-17-11-12-18-28(26)36(21-25-15-9-6-10-16-25)30(27)22-35(29)20-24-13-7-5-8-14-24/h5-19,22-23,31H,4,20-21H2,1-3H3/p+1/t31-/m0/s1. The fourth-order valence-electron chi connectivity index (χ4n) is 5.07. The first-order valence-electron chi connectivity index (χ1n) is 13.5. The van der Waals surface area contributed by atoms with Gasteiger partial charge < -0.3 is 14.6 Å². The molecule has 0 radical (unpaired) electrons. The number of hydrogen-bond donors (Lipinski definition) is 1. The smallest absolute Gasteiger partial charge is 0.328 e. The van der Waals surface area contributed by atoms with Crippen LogP contribution in [-0.2, 0) is 22.6 Å². The van der Waals surface area contributed by atoms with Crippen LogP contribution in [0.2, 0.25) is 0 Å². The molecule has 6 heteroatoms. The van der Waals surface area contributed by atoms with Crippen LogP contribution in [0.4, 0.5) is 0 Å². The summed E-state index contributed by atoms with van der Waals surface area (Å²) in [5.41, 5.74) is 4.91. The number of aromatic nitrogens is 2. The molecule has 5 rings (SSSR count). The SMILES string of the molecule is CCOC(=O)[C@@H](NC(=O)c1cc2c3ccccc3n(Cc3ccccc3)c2c[n+]1Cc1ccccc1)C(C)C. The summed E-state index contributed by atoms with van der Waals surface area (Å²) in [7, 11) is 0. The van der Waals surface area contributed by atoms with E-state index in [1.807, 2.05) is 73.0 Å². The molecule has 198 valence electrons. The lowest BCUT2D eigenvalue weighted by Gasteiger charge is -2.20. The monoisotopic (exact) mass is 520 g/mol. The first-order valence-corrected chi connectivity index (χ1v) is 13.5. The van der Waals surface area contributed by atoms with Gasteiger partial charge in [-0.3, -0.25) is 4.79 Å². The highest BCUT2D eigenvalue weighted by Crippen LogP contribution is 2.29. The van der Waals surface area contributed by atoms with Crippen molar-refractivity contribution >= 4 is 33.7 Å². The van der Waals surface area contributed by atoms with Gasteiger partial charge in [0.15, 0.2) is 12.7 Å². The van der Waals surface area contributed by atoms with E-state index in [9.17, 15) is 9.59 Å². The molecule has 0 aliphatic heterocycles. The zero-order valence-electron chi connectivity index (χ0n) is 22.6. The van der Waals surface area contributed by atoms with Crippen LogP contribution >= 0.6 is 0 Å². The molecule has 39 heavy (non-hydrogen) atoms. The number of carbonyl (C=O) groups is 2. The lowest BCUT2D eigenvalue weighted by Crippen LogP contribution is -2.50. The summed E-state index contributed by atoms with van der Waals surface area (Å²) in [6, 6.07) is 30.0. The first kappa shape index (κ1) is 26.2. The van der Waals surface area contributed by atoms with Crippen LogP contribution in [0.15, 0.2) is 97.2 Å². The van der Waals surface area contributed by atoms with Crippen molar-refractivity contribution in [2.75, 3.05) is 6.61 Å². The van der Waals surface area contributed by atoms with Crippen molar-refractivity contribution in [3.05, 3.63) is 114 Å². The van der Waals surface area contributed by atoms with Gasteiger partial charge in [-0.2, -0.15) is 4.57 Å². The highest BCUT2D eigenvalue weighted by Gasteiger charge is 2.31. The number of benzene rings is 3. The summed E-state index contributed by atoms with van der Waals surface area (Å²) in [5.74, 6) is -0.845. The number of rotatable bonds is 9. The molecule has 0 aliphatic rings. The predicted molar refractivity (Wildman–Crippen MR) is 153 cm³/mol. The Morgan fingerprint density at radius 3 is 2.15 bits per heavy atom. The van der Waals surface area contributed by atoms with Crippen LogP contribution in [-0.4, -0.2) is 29.1 Å². The quantitative estimate of drug-likeness (QED) is 0.206. The maximum atomic E-state index is 13.8. The van der Waals surface area contributed by atoms with Gasteiger partial charge in [-0.1, -0.05) is 92.7 Å². The second-order valence-electron chi connectivity index (χ2n) is 10.1. The van der Waals surface area contributed by atoms with Crippen LogP contribution in [0.3, 0.4) is 0 Å². The molecule has 0 aliphatic carbocycles. The van der Waals surface area contributed by atoms with E-state index in [0.717, 1.165) is 27.4 Å². The van der Waals surface area contributed by atoms with Crippen LogP contribution < -0.4 is 9.88 Å². The van der Waals surface area contributed by atoms with Gasteiger partial charge >= 0.3 is 11.9 Å². The van der Waals surface area contributed by atoms with Crippen molar-refractivity contribution < 1.29 is 18.9 Å². The second-order valence-corrected chi connectivity index (χ2v) is 10.1. The maximum absolute atomic E-state index is 13.8. The fourth-order valence-corrected chi connectivity index (χ4v) is 5.07. The number of pyridine rings is 1. The minimum atomic E-state index is -0.738. The van der Waals surface area contributed by atoms with E-state index in [-0.39, 0.29) is 18.4 Å². The Hall–Kier alpha value is -4.45. The third kappa shape index (κ3) is 5.55. The van der Waals surface area contributed by atoms with Gasteiger partial charge in [0.25, 0.3) is 5.69 Å². The molecule has 1 atom stereocenters. The zero-order chi connectivity index (χ0) is 27.4. The van der Waals surface area contributed by atoms with E-state index in [0.29, 0.717) is 18.8 Å². The van der Waals surface area contributed by atoms with Crippen LogP contribution in [0, 0.1) is 5.92 Å². The molecular weight excluding hydrogens is 486 g/mol. The Bertz CT molecular complexity index is 1610. The number of nitrogens with one attached hydrogen (secondary N) is 1. The summed E-state index contributed by atoms with van der Waals surface area (Å²) in [4.78, 5) is 26.5. The molecule has 0 spiro atoms. The number of para-hydroxylation sites is 1. The Morgan fingerprint density at radius 1 is 0.846 bits per heavy atom. The molecule has 2 aromatic heterocycles. The highest BCUT2D eigenvalue weighted by molar-refractivity contribution is 6.09. The third-order valence-electron chi connectivity index (χ3n) is 7.03. The van der Waals surface area contributed by atoms with E-state index in [1.165, 1.54) is 5.56 Å². The molecule has 0 unspecified atom stereocenters. The van der Waals surface area contributed by atoms with Crippen molar-refractivity contribution in [2.24, 2.45) is 5.92 Å². The Kier molecular flexibility index (Phi) is 7.73. The van der Waals surface area contributed by atoms with E-state index in [1.54, 1.807) is 6.92 Å². The first-order chi connectivity index (χ1) is 19.0. The summed E-state index contributed by atoms with van der Waals surface area (Å²) in [6.45, 7) is 7.06. The minimum Gasteiger partial charge on any atom is -0.464 e. The topological polar surface area (TPSA) is 64.2 Å². The van der Waals surface area contributed by atoms with Crippen LogP contribution in [0.1, 0.15) is 42.4 Å².